The molecule has 10 N–H and O–H groups in total. The first-order valence-electron chi connectivity index (χ1n) is 16.5. The molecule has 0 spiro atoms. The summed E-state index contributed by atoms with van der Waals surface area (Å²) in [6.45, 7) is -0.829. The summed E-state index contributed by atoms with van der Waals surface area (Å²) in [6, 6.07) is 30.5. The molecule has 0 radical (unpaired) electrons. The topological polar surface area (TPSA) is 341 Å². The molecular formula is C39H38O19S4. The molecule has 0 fully saturated rings. The van der Waals surface area contributed by atoms with Crippen LogP contribution in [0.5, 0.6) is 23.0 Å². The normalized spacial score (nSPS) is 10.0. The van der Waals surface area contributed by atoms with Crippen LogP contribution >= 0.6 is 32.9 Å². The lowest BCUT2D eigenvalue weighted by atomic mass is 10.1. The van der Waals surface area contributed by atoms with E-state index in [1.165, 1.54) is 52.2 Å². The van der Waals surface area contributed by atoms with Crippen molar-refractivity contribution >= 4 is 87.4 Å². The number of methoxy groups -OCH3 is 2. The van der Waals surface area contributed by atoms with Gasteiger partial charge in [0.1, 0.15) is 23.0 Å². The Balaban J connectivity index is 0.000000445. The zero-order chi connectivity index (χ0) is 44.4. The minimum absolute atomic E-state index is 0. The molecule has 23 heteroatoms. The highest BCUT2D eigenvalue weighted by Crippen LogP contribution is 2.40. The summed E-state index contributed by atoms with van der Waals surface area (Å²) >= 11 is 1.41. The van der Waals surface area contributed by atoms with Gasteiger partial charge in [-0.15, -0.1) is 11.3 Å². The Hall–Kier alpha value is -6.44. The molecule has 1 aromatic heterocycles. The second-order valence-electron chi connectivity index (χ2n) is 11.2. The van der Waals surface area contributed by atoms with E-state index in [4.69, 9.17) is 56.9 Å². The van der Waals surface area contributed by atoms with Gasteiger partial charge in [0.05, 0.1) is 35.4 Å². The average molecular weight is 939 g/mol. The van der Waals surface area contributed by atoms with E-state index < -0.39 is 40.9 Å². The maximum absolute atomic E-state index is 12.7. The number of aliphatic carboxylic acids is 2. The Morgan fingerprint density at radius 2 is 1.03 bits per heavy atom. The fourth-order valence-corrected chi connectivity index (χ4v) is 8.14. The lowest BCUT2D eigenvalue weighted by Crippen LogP contribution is -2.11. The molecule has 6 rings (SSSR count). The van der Waals surface area contributed by atoms with E-state index in [1.54, 1.807) is 92.0 Å². The third-order valence-corrected chi connectivity index (χ3v) is 10.8. The number of aromatic carboxylic acids is 2. The predicted octanol–water partition coefficient (Wildman–Crippen LogP) is 5.63. The monoisotopic (exact) mass is 938 g/mol. The number of benzene rings is 5. The zero-order valence-corrected chi connectivity index (χ0v) is 35.4. The van der Waals surface area contributed by atoms with Gasteiger partial charge in [-0.3, -0.25) is 13.9 Å². The summed E-state index contributed by atoms with van der Waals surface area (Å²) in [5, 5.41) is 36.2. The predicted molar refractivity (Wildman–Crippen MR) is 231 cm³/mol. The molecule has 0 amide bonds. The molecule has 0 saturated carbocycles. The first kappa shape index (κ1) is 53.6. The van der Waals surface area contributed by atoms with Crippen LogP contribution in [0.15, 0.2) is 124 Å². The second kappa shape index (κ2) is 26.0. The molecule has 0 saturated heterocycles. The molecule has 62 heavy (non-hydrogen) atoms. The number of rotatable bonds is 13. The van der Waals surface area contributed by atoms with Crippen LogP contribution in [0.3, 0.4) is 0 Å². The quantitative estimate of drug-likeness (QED) is 0.0464. The lowest BCUT2D eigenvalue weighted by molar-refractivity contribution is -0.140. The SMILES string of the molecule is COc1ccc(OCC(=O)O)c2c(=O)c3ccccc3sc12.COc1ccc(OCC(=O)O)cc1.O.O.O=C(O)c1ccccc1SSc1ccccc1C(=O)O.O=S(=O)(O)O. The summed E-state index contributed by atoms with van der Waals surface area (Å²) in [6.07, 6.45) is 0. The fourth-order valence-electron chi connectivity index (χ4n) is 4.61. The van der Waals surface area contributed by atoms with Crippen molar-refractivity contribution in [1.29, 1.82) is 0 Å². The number of carbonyl (C=O) groups is 4. The highest BCUT2D eigenvalue weighted by molar-refractivity contribution is 8.76. The maximum Gasteiger partial charge on any atom is 0.394 e. The molecule has 5 aromatic carbocycles. The minimum Gasteiger partial charge on any atom is -0.497 e. The van der Waals surface area contributed by atoms with Crippen LogP contribution in [0, 0.1) is 0 Å². The summed E-state index contributed by atoms with van der Waals surface area (Å²) in [5.41, 5.74) is 0.222. The lowest BCUT2D eigenvalue weighted by Gasteiger charge is -2.11. The van der Waals surface area contributed by atoms with E-state index in [2.05, 4.69) is 0 Å². The molecule has 332 valence electrons. The molecular weight excluding hydrogens is 901 g/mol. The van der Waals surface area contributed by atoms with Gasteiger partial charge in [0.15, 0.2) is 18.6 Å². The Kier molecular flexibility index (Phi) is 22.5. The molecule has 0 atom stereocenters. The summed E-state index contributed by atoms with van der Waals surface area (Å²) in [5.74, 6) is -2.04. The Morgan fingerprint density at radius 3 is 1.50 bits per heavy atom. The number of hydrogen-bond acceptors (Lipinski definition) is 14. The first-order valence-corrected chi connectivity index (χ1v) is 20.8. The van der Waals surface area contributed by atoms with E-state index >= 15 is 0 Å². The van der Waals surface area contributed by atoms with Gasteiger partial charge < -0.3 is 50.3 Å². The van der Waals surface area contributed by atoms with E-state index in [1.807, 2.05) is 12.1 Å². The van der Waals surface area contributed by atoms with Crippen molar-refractivity contribution in [3.8, 4) is 23.0 Å². The van der Waals surface area contributed by atoms with E-state index in [-0.39, 0.29) is 39.9 Å². The molecule has 1 heterocycles. The van der Waals surface area contributed by atoms with Crippen molar-refractivity contribution < 1.29 is 87.0 Å². The van der Waals surface area contributed by atoms with Gasteiger partial charge in [0.2, 0.25) is 0 Å². The van der Waals surface area contributed by atoms with Crippen molar-refractivity contribution in [1.82, 2.24) is 0 Å². The Morgan fingerprint density at radius 1 is 0.597 bits per heavy atom. The smallest absolute Gasteiger partial charge is 0.394 e. The van der Waals surface area contributed by atoms with Crippen LogP contribution < -0.4 is 24.4 Å². The first-order chi connectivity index (χ1) is 28.4. The number of hydrogen-bond donors (Lipinski definition) is 6. The largest absolute Gasteiger partial charge is 0.497 e. The van der Waals surface area contributed by atoms with Crippen molar-refractivity contribution in [2.24, 2.45) is 0 Å². The standard InChI is InChI=1S/C16H12O5S.C14H10O4S2.C9H10O4.H2O4S.2H2O/c1-20-11-7-6-10(21-8-13(17)18)14-15(19)9-4-2-3-5-12(9)22-16(11)14;15-13(16)9-5-1-3-7-11(9)19-20-12-8-4-2-6-10(12)14(17)18;1-12-7-2-4-8(5-3-7)13-6-9(10)11;1-5(2,3)4;;/h2-7H,8H2,1H3,(H,17,18);1-8H,(H,15,16)(H,17,18);2-5H,6H2,1H3,(H,10,11);(H2,1,2,3,4);2*1H2. The van der Waals surface area contributed by atoms with Gasteiger partial charge in [-0.1, -0.05) is 58.0 Å². The highest BCUT2D eigenvalue weighted by atomic mass is 33.1. The van der Waals surface area contributed by atoms with Gasteiger partial charge in [0, 0.05) is 19.9 Å². The van der Waals surface area contributed by atoms with Gasteiger partial charge in [0.25, 0.3) is 0 Å². The number of ether oxygens (including phenoxy) is 4. The third-order valence-electron chi connectivity index (χ3n) is 7.10. The van der Waals surface area contributed by atoms with Gasteiger partial charge in [-0.05, 0) is 72.8 Å². The molecule has 0 aliphatic carbocycles. The number of carboxylic acid groups (broad SMARTS) is 4. The Labute approximate surface area is 363 Å². The third kappa shape index (κ3) is 17.3. The molecule has 0 bridgehead atoms. The molecule has 6 aromatic rings. The average Bonchev–Trinajstić information content (AvgIpc) is 3.21. The van der Waals surface area contributed by atoms with Crippen molar-refractivity contribution in [2.75, 3.05) is 27.4 Å². The maximum atomic E-state index is 12.7. The molecule has 0 aliphatic rings. The number of carboxylic acids is 4. The molecule has 0 unspecified atom stereocenters. The van der Waals surface area contributed by atoms with Gasteiger partial charge in [-0.2, -0.15) is 8.42 Å². The van der Waals surface area contributed by atoms with Crippen LogP contribution in [-0.2, 0) is 20.0 Å². The van der Waals surface area contributed by atoms with Crippen LogP contribution in [0.4, 0.5) is 0 Å². The fraction of sp³-hybridized carbons (Fsp3) is 0.103. The van der Waals surface area contributed by atoms with Gasteiger partial charge in [-0.25, -0.2) is 19.2 Å². The van der Waals surface area contributed by atoms with E-state index in [9.17, 15) is 24.0 Å². The van der Waals surface area contributed by atoms with Crippen molar-refractivity contribution in [2.45, 2.75) is 9.79 Å². The van der Waals surface area contributed by atoms with Crippen LogP contribution in [0.2, 0.25) is 0 Å². The van der Waals surface area contributed by atoms with E-state index in [0.717, 1.165) is 4.70 Å². The second-order valence-corrected chi connectivity index (χ2v) is 15.3. The van der Waals surface area contributed by atoms with Gasteiger partial charge >= 0.3 is 34.3 Å². The van der Waals surface area contributed by atoms with Crippen molar-refractivity contribution in [3.05, 3.63) is 131 Å². The highest BCUT2D eigenvalue weighted by Gasteiger charge is 2.16. The van der Waals surface area contributed by atoms with Crippen LogP contribution in [0.1, 0.15) is 20.7 Å². The Bertz CT molecular complexity index is 2550. The van der Waals surface area contributed by atoms with Crippen LogP contribution in [-0.4, -0.2) is 100 Å². The number of fused-ring (bicyclic) bond motifs is 2. The molecule has 0 aliphatic heterocycles. The zero-order valence-electron chi connectivity index (χ0n) is 32.1. The minimum atomic E-state index is -4.67. The van der Waals surface area contributed by atoms with Crippen molar-refractivity contribution in [3.63, 3.8) is 0 Å². The summed E-state index contributed by atoms with van der Waals surface area (Å²) in [4.78, 5) is 57.0. The van der Waals surface area contributed by atoms with E-state index in [0.29, 0.717) is 42.5 Å². The summed E-state index contributed by atoms with van der Waals surface area (Å²) < 4.78 is 53.5. The summed E-state index contributed by atoms with van der Waals surface area (Å²) in [7, 11) is 0.888. The van der Waals surface area contributed by atoms with Crippen LogP contribution in [0.25, 0.3) is 20.2 Å². The molecule has 19 nitrogen and oxygen atoms in total.